The van der Waals surface area contributed by atoms with Gasteiger partial charge in [0.1, 0.15) is 23.2 Å². The second kappa shape index (κ2) is 5.24. The molecule has 0 saturated heterocycles. The van der Waals surface area contributed by atoms with E-state index in [2.05, 4.69) is 0 Å². The number of hydrogen-bond donors (Lipinski definition) is 1. The van der Waals surface area contributed by atoms with Crippen LogP contribution < -0.4 is 10.5 Å². The first-order valence-electron chi connectivity index (χ1n) is 5.56. The molecule has 0 aliphatic heterocycles. The highest BCUT2D eigenvalue weighted by Gasteiger charge is 2.22. The van der Waals surface area contributed by atoms with E-state index in [-0.39, 0.29) is 11.3 Å². The number of halogens is 3. The minimum absolute atomic E-state index is 0.0407. The summed E-state index contributed by atoms with van der Waals surface area (Å²) in [5.74, 6) is -4.33. The van der Waals surface area contributed by atoms with Crippen LogP contribution in [0.1, 0.15) is 15.9 Å². The highest BCUT2D eigenvalue weighted by molar-refractivity contribution is 6.12. The second-order valence-electron chi connectivity index (χ2n) is 4.03. The number of rotatable bonds is 3. The molecular weight excluding hydrogens is 271 g/mol. The molecule has 6 heteroatoms. The van der Waals surface area contributed by atoms with Gasteiger partial charge in [-0.2, -0.15) is 0 Å². The van der Waals surface area contributed by atoms with Crippen molar-refractivity contribution in [3.8, 4) is 5.75 Å². The van der Waals surface area contributed by atoms with Crippen LogP contribution in [0.2, 0.25) is 0 Å². The lowest BCUT2D eigenvalue weighted by Gasteiger charge is -2.09. The summed E-state index contributed by atoms with van der Waals surface area (Å²) in [6.07, 6.45) is 0. The van der Waals surface area contributed by atoms with Gasteiger partial charge < -0.3 is 10.5 Å². The Hall–Kier alpha value is -2.50. The molecule has 0 aromatic heterocycles. The summed E-state index contributed by atoms with van der Waals surface area (Å²) in [4.78, 5) is 12.2. The number of benzene rings is 2. The molecule has 0 spiro atoms. The molecule has 0 bridgehead atoms. The predicted molar refractivity (Wildman–Crippen MR) is 67.2 cm³/mol. The van der Waals surface area contributed by atoms with Crippen molar-refractivity contribution in [3.05, 3.63) is 58.9 Å². The van der Waals surface area contributed by atoms with Crippen LogP contribution in [-0.2, 0) is 0 Å². The molecule has 0 heterocycles. The first-order chi connectivity index (χ1) is 9.43. The van der Waals surface area contributed by atoms with Crippen LogP contribution in [0.15, 0.2) is 30.3 Å². The molecule has 104 valence electrons. The van der Waals surface area contributed by atoms with Crippen molar-refractivity contribution in [2.24, 2.45) is 0 Å². The van der Waals surface area contributed by atoms with Gasteiger partial charge in [-0.25, -0.2) is 13.2 Å². The van der Waals surface area contributed by atoms with Crippen molar-refractivity contribution in [3.63, 3.8) is 0 Å². The van der Waals surface area contributed by atoms with Gasteiger partial charge in [0.05, 0.1) is 12.7 Å². The van der Waals surface area contributed by atoms with Gasteiger partial charge in [0, 0.05) is 23.4 Å². The van der Waals surface area contributed by atoms with Gasteiger partial charge in [-0.05, 0) is 18.2 Å². The lowest BCUT2D eigenvalue weighted by Crippen LogP contribution is -2.11. The van der Waals surface area contributed by atoms with Crippen LogP contribution in [-0.4, -0.2) is 12.9 Å². The molecular formula is C14H10F3NO2. The predicted octanol–water partition coefficient (Wildman–Crippen LogP) is 2.93. The number of carbonyl (C=O) groups is 1. The number of ether oxygens (including phenoxy) is 1. The molecule has 0 saturated carbocycles. The van der Waals surface area contributed by atoms with Gasteiger partial charge in [-0.3, -0.25) is 4.79 Å². The lowest BCUT2D eigenvalue weighted by atomic mass is 10.0. The average molecular weight is 281 g/mol. The maximum absolute atomic E-state index is 13.6. The van der Waals surface area contributed by atoms with E-state index in [4.69, 9.17) is 10.5 Å². The monoisotopic (exact) mass is 281 g/mol. The Labute approximate surface area is 112 Å². The molecule has 0 aliphatic rings. The molecule has 20 heavy (non-hydrogen) atoms. The maximum atomic E-state index is 13.6. The Kier molecular flexibility index (Phi) is 3.65. The van der Waals surface area contributed by atoms with Crippen LogP contribution >= 0.6 is 0 Å². The minimum atomic E-state index is -1.28. The Balaban J connectivity index is 2.57. The fraction of sp³-hybridized carbons (Fsp3) is 0.0714. The number of nitrogen functional groups attached to an aromatic ring is 1. The average Bonchev–Trinajstić information content (AvgIpc) is 2.37. The Morgan fingerprint density at radius 2 is 1.70 bits per heavy atom. The molecule has 2 aromatic carbocycles. The number of nitrogens with two attached hydrogens (primary N) is 1. The minimum Gasteiger partial charge on any atom is -0.497 e. The van der Waals surface area contributed by atoms with Crippen molar-refractivity contribution < 1.29 is 22.7 Å². The number of methoxy groups -OCH3 is 1. The highest BCUT2D eigenvalue weighted by Crippen LogP contribution is 2.25. The summed E-state index contributed by atoms with van der Waals surface area (Å²) in [7, 11) is 1.37. The van der Waals surface area contributed by atoms with Gasteiger partial charge in [0.15, 0.2) is 0 Å². The van der Waals surface area contributed by atoms with E-state index in [0.717, 1.165) is 0 Å². The summed E-state index contributed by atoms with van der Waals surface area (Å²) < 4.78 is 44.9. The Morgan fingerprint density at radius 1 is 1.10 bits per heavy atom. The van der Waals surface area contributed by atoms with Crippen LogP contribution in [0.25, 0.3) is 0 Å². The third-order valence-electron chi connectivity index (χ3n) is 2.74. The normalized spacial score (nSPS) is 10.4. The summed E-state index contributed by atoms with van der Waals surface area (Å²) in [6, 6.07) is 5.02. The van der Waals surface area contributed by atoms with Crippen molar-refractivity contribution in [2.45, 2.75) is 0 Å². The number of carbonyl (C=O) groups excluding carboxylic acids is 1. The van der Waals surface area contributed by atoms with Gasteiger partial charge >= 0.3 is 0 Å². The fourth-order valence-corrected chi connectivity index (χ4v) is 1.75. The molecule has 0 atom stereocenters. The molecule has 2 rings (SSSR count). The van der Waals surface area contributed by atoms with E-state index in [1.807, 2.05) is 0 Å². The largest absolute Gasteiger partial charge is 0.497 e. The first-order valence-corrected chi connectivity index (χ1v) is 5.56. The molecule has 2 N–H and O–H groups in total. The summed E-state index contributed by atoms with van der Waals surface area (Å²) in [6.45, 7) is 0. The van der Waals surface area contributed by atoms with Crippen LogP contribution in [0.5, 0.6) is 5.75 Å². The van der Waals surface area contributed by atoms with E-state index in [1.165, 1.54) is 25.3 Å². The fourth-order valence-electron chi connectivity index (χ4n) is 1.75. The summed E-state index contributed by atoms with van der Waals surface area (Å²) in [5, 5.41) is 0. The first kappa shape index (κ1) is 13.9. The van der Waals surface area contributed by atoms with E-state index < -0.39 is 28.8 Å². The lowest BCUT2D eigenvalue weighted by molar-refractivity contribution is 0.103. The Morgan fingerprint density at radius 3 is 2.25 bits per heavy atom. The summed E-state index contributed by atoms with van der Waals surface area (Å²) >= 11 is 0. The van der Waals surface area contributed by atoms with Crippen LogP contribution in [0.3, 0.4) is 0 Å². The molecule has 0 amide bonds. The third kappa shape index (κ3) is 2.45. The quantitative estimate of drug-likeness (QED) is 0.695. The maximum Gasteiger partial charge on any atom is 0.201 e. The van der Waals surface area contributed by atoms with Crippen molar-refractivity contribution in [1.29, 1.82) is 0 Å². The molecule has 0 radical (unpaired) electrons. The van der Waals surface area contributed by atoms with Crippen molar-refractivity contribution in [2.75, 3.05) is 12.8 Å². The smallest absolute Gasteiger partial charge is 0.201 e. The molecule has 0 aliphatic carbocycles. The molecule has 0 fully saturated rings. The van der Waals surface area contributed by atoms with Gasteiger partial charge in [0.25, 0.3) is 0 Å². The zero-order chi connectivity index (χ0) is 14.9. The van der Waals surface area contributed by atoms with Gasteiger partial charge in [0.2, 0.25) is 5.78 Å². The van der Waals surface area contributed by atoms with Crippen molar-refractivity contribution in [1.82, 2.24) is 0 Å². The van der Waals surface area contributed by atoms with Crippen LogP contribution in [0, 0.1) is 17.5 Å². The number of hydrogen-bond acceptors (Lipinski definition) is 3. The number of ketones is 1. The SMILES string of the molecule is COc1ccc(N)c(C(=O)c2c(F)cc(F)cc2F)c1. The topological polar surface area (TPSA) is 52.3 Å². The van der Waals surface area contributed by atoms with Gasteiger partial charge in [-0.15, -0.1) is 0 Å². The summed E-state index contributed by atoms with van der Waals surface area (Å²) in [5.41, 5.74) is 4.69. The highest BCUT2D eigenvalue weighted by atomic mass is 19.1. The van der Waals surface area contributed by atoms with Crippen molar-refractivity contribution >= 4 is 11.5 Å². The standard InChI is InChI=1S/C14H10F3NO2/c1-20-8-2-3-12(18)9(6-8)14(19)13-10(16)4-7(15)5-11(13)17/h2-6H,18H2,1H3. The van der Waals surface area contributed by atoms with Crippen LogP contribution in [0.4, 0.5) is 18.9 Å². The molecule has 0 unspecified atom stereocenters. The Bertz CT molecular complexity index is 663. The van der Waals surface area contributed by atoms with E-state index in [0.29, 0.717) is 17.9 Å². The molecule has 3 nitrogen and oxygen atoms in total. The third-order valence-corrected chi connectivity index (χ3v) is 2.74. The van der Waals surface area contributed by atoms with E-state index in [1.54, 1.807) is 0 Å². The van der Waals surface area contributed by atoms with E-state index >= 15 is 0 Å². The zero-order valence-corrected chi connectivity index (χ0v) is 10.4. The molecule has 2 aromatic rings. The van der Waals surface area contributed by atoms with Gasteiger partial charge in [-0.1, -0.05) is 0 Å². The van der Waals surface area contributed by atoms with E-state index in [9.17, 15) is 18.0 Å². The number of anilines is 1. The second-order valence-corrected chi connectivity index (χ2v) is 4.03. The zero-order valence-electron chi connectivity index (χ0n) is 10.4.